The standard InChI is InChI=1S/C19H30N2O3/c1-3-11-24-18-9-7-16(8-10-18)12-20-19(23)13-21-15(2)5-4-6-17(21)14-22/h7-10,15,17,22H,3-6,11-14H2,1-2H3,(H,20,23). The molecule has 0 aliphatic carbocycles. The van der Waals surface area contributed by atoms with Crippen LogP contribution in [0.4, 0.5) is 0 Å². The lowest BCUT2D eigenvalue weighted by Gasteiger charge is -2.39. The van der Waals surface area contributed by atoms with Gasteiger partial charge in [0.1, 0.15) is 5.75 Å². The van der Waals surface area contributed by atoms with Crippen LogP contribution in [0.5, 0.6) is 5.75 Å². The third-order valence-corrected chi connectivity index (χ3v) is 4.62. The van der Waals surface area contributed by atoms with E-state index in [-0.39, 0.29) is 18.6 Å². The molecule has 2 atom stereocenters. The summed E-state index contributed by atoms with van der Waals surface area (Å²) >= 11 is 0. The van der Waals surface area contributed by atoms with Crippen molar-refractivity contribution in [1.29, 1.82) is 0 Å². The number of amides is 1. The topological polar surface area (TPSA) is 61.8 Å². The summed E-state index contributed by atoms with van der Waals surface area (Å²) < 4.78 is 5.55. The predicted octanol–water partition coefficient (Wildman–Crippen LogP) is 2.33. The van der Waals surface area contributed by atoms with Crippen molar-refractivity contribution in [2.24, 2.45) is 0 Å². The highest BCUT2D eigenvalue weighted by atomic mass is 16.5. The number of piperidine rings is 1. The second kappa shape index (κ2) is 9.64. The molecule has 0 radical (unpaired) electrons. The van der Waals surface area contributed by atoms with Gasteiger partial charge >= 0.3 is 0 Å². The van der Waals surface area contributed by atoms with Crippen LogP contribution in [0.25, 0.3) is 0 Å². The van der Waals surface area contributed by atoms with Gasteiger partial charge in [-0.05, 0) is 43.9 Å². The maximum absolute atomic E-state index is 12.2. The van der Waals surface area contributed by atoms with Gasteiger partial charge in [0.05, 0.1) is 19.8 Å². The number of nitrogens with zero attached hydrogens (tertiary/aromatic N) is 1. The monoisotopic (exact) mass is 334 g/mol. The van der Waals surface area contributed by atoms with Crippen LogP contribution >= 0.6 is 0 Å². The van der Waals surface area contributed by atoms with Crippen LogP contribution in [0.15, 0.2) is 24.3 Å². The Balaban J connectivity index is 1.79. The van der Waals surface area contributed by atoms with E-state index in [1.807, 2.05) is 24.3 Å². The summed E-state index contributed by atoms with van der Waals surface area (Å²) in [4.78, 5) is 14.4. The Morgan fingerprint density at radius 2 is 2.08 bits per heavy atom. The van der Waals surface area contributed by atoms with Crippen molar-refractivity contribution in [3.8, 4) is 5.75 Å². The molecule has 24 heavy (non-hydrogen) atoms. The largest absolute Gasteiger partial charge is 0.494 e. The zero-order chi connectivity index (χ0) is 17.4. The zero-order valence-electron chi connectivity index (χ0n) is 14.8. The number of aliphatic hydroxyl groups is 1. The molecule has 0 aromatic heterocycles. The summed E-state index contributed by atoms with van der Waals surface area (Å²) in [6.45, 7) is 5.91. The van der Waals surface area contributed by atoms with E-state index in [1.165, 1.54) is 0 Å². The van der Waals surface area contributed by atoms with Crippen molar-refractivity contribution >= 4 is 5.91 Å². The summed E-state index contributed by atoms with van der Waals surface area (Å²) in [5, 5.41) is 12.5. The summed E-state index contributed by atoms with van der Waals surface area (Å²) in [7, 11) is 0. The Morgan fingerprint density at radius 1 is 1.33 bits per heavy atom. The van der Waals surface area contributed by atoms with E-state index >= 15 is 0 Å². The van der Waals surface area contributed by atoms with Crippen molar-refractivity contribution in [2.45, 2.75) is 58.2 Å². The van der Waals surface area contributed by atoms with E-state index in [1.54, 1.807) is 0 Å². The van der Waals surface area contributed by atoms with Crippen LogP contribution in [0.2, 0.25) is 0 Å². The predicted molar refractivity (Wildman–Crippen MR) is 95.0 cm³/mol. The maximum atomic E-state index is 12.2. The van der Waals surface area contributed by atoms with Gasteiger partial charge in [-0.25, -0.2) is 0 Å². The van der Waals surface area contributed by atoms with Gasteiger partial charge in [0.15, 0.2) is 0 Å². The Bertz CT molecular complexity index is 504. The van der Waals surface area contributed by atoms with Crippen LogP contribution in [0.3, 0.4) is 0 Å². The molecular formula is C19H30N2O3. The number of hydrogen-bond acceptors (Lipinski definition) is 4. The maximum Gasteiger partial charge on any atom is 0.234 e. The first-order valence-corrected chi connectivity index (χ1v) is 8.99. The second-order valence-electron chi connectivity index (χ2n) is 6.56. The molecule has 2 unspecified atom stereocenters. The summed E-state index contributed by atoms with van der Waals surface area (Å²) in [6, 6.07) is 8.28. The van der Waals surface area contributed by atoms with Crippen molar-refractivity contribution in [1.82, 2.24) is 10.2 Å². The average molecular weight is 334 g/mol. The normalized spacial score (nSPS) is 21.5. The quantitative estimate of drug-likeness (QED) is 0.766. The van der Waals surface area contributed by atoms with E-state index < -0.39 is 0 Å². The molecule has 0 bridgehead atoms. The van der Waals surface area contributed by atoms with Crippen molar-refractivity contribution in [2.75, 3.05) is 19.8 Å². The Kier molecular flexibility index (Phi) is 7.53. The summed E-state index contributed by atoms with van der Waals surface area (Å²) in [6.07, 6.45) is 4.16. The Labute approximate surface area is 145 Å². The van der Waals surface area contributed by atoms with Crippen molar-refractivity contribution in [3.05, 3.63) is 29.8 Å². The van der Waals surface area contributed by atoms with E-state index in [4.69, 9.17) is 4.74 Å². The van der Waals surface area contributed by atoms with E-state index in [0.717, 1.165) is 43.6 Å². The van der Waals surface area contributed by atoms with Crippen LogP contribution in [-0.4, -0.2) is 47.8 Å². The number of benzene rings is 1. The molecule has 5 heteroatoms. The molecule has 1 fully saturated rings. The van der Waals surface area contributed by atoms with Gasteiger partial charge in [-0.1, -0.05) is 25.5 Å². The lowest BCUT2D eigenvalue weighted by molar-refractivity contribution is -0.124. The molecule has 1 aromatic rings. The molecule has 1 heterocycles. The first kappa shape index (κ1) is 18.7. The first-order valence-electron chi connectivity index (χ1n) is 8.99. The zero-order valence-corrected chi connectivity index (χ0v) is 14.8. The van der Waals surface area contributed by atoms with Gasteiger partial charge in [0.25, 0.3) is 0 Å². The van der Waals surface area contributed by atoms with E-state index in [0.29, 0.717) is 19.1 Å². The highest BCUT2D eigenvalue weighted by Gasteiger charge is 2.28. The molecule has 1 aromatic carbocycles. The number of ether oxygens (including phenoxy) is 1. The molecule has 2 rings (SSSR count). The van der Waals surface area contributed by atoms with Crippen LogP contribution in [-0.2, 0) is 11.3 Å². The number of aliphatic hydroxyl groups excluding tert-OH is 1. The van der Waals surface area contributed by atoms with E-state index in [9.17, 15) is 9.90 Å². The van der Waals surface area contributed by atoms with Crippen molar-refractivity contribution in [3.63, 3.8) is 0 Å². The first-order chi connectivity index (χ1) is 11.6. The second-order valence-corrected chi connectivity index (χ2v) is 6.56. The lowest BCUT2D eigenvalue weighted by atomic mass is 9.97. The molecule has 1 amide bonds. The fourth-order valence-corrected chi connectivity index (χ4v) is 3.17. The molecule has 1 aliphatic rings. The Morgan fingerprint density at radius 3 is 2.75 bits per heavy atom. The Hall–Kier alpha value is -1.59. The van der Waals surface area contributed by atoms with Gasteiger partial charge in [0.2, 0.25) is 5.91 Å². The number of nitrogens with one attached hydrogen (secondary N) is 1. The van der Waals surface area contributed by atoms with Gasteiger partial charge in [-0.2, -0.15) is 0 Å². The molecule has 1 saturated heterocycles. The molecular weight excluding hydrogens is 304 g/mol. The van der Waals surface area contributed by atoms with Crippen molar-refractivity contribution < 1.29 is 14.6 Å². The minimum atomic E-state index is 0.00788. The number of hydrogen-bond donors (Lipinski definition) is 2. The van der Waals surface area contributed by atoms with Gasteiger partial charge in [0, 0.05) is 18.6 Å². The minimum Gasteiger partial charge on any atom is -0.494 e. The van der Waals surface area contributed by atoms with Gasteiger partial charge in [-0.15, -0.1) is 0 Å². The van der Waals surface area contributed by atoms with Crippen LogP contribution < -0.4 is 10.1 Å². The number of carbonyl (C=O) groups excluding carboxylic acids is 1. The fraction of sp³-hybridized carbons (Fsp3) is 0.632. The smallest absolute Gasteiger partial charge is 0.234 e. The lowest BCUT2D eigenvalue weighted by Crippen LogP contribution is -2.51. The fourth-order valence-electron chi connectivity index (χ4n) is 3.17. The minimum absolute atomic E-state index is 0.00788. The molecule has 2 N–H and O–H groups in total. The molecule has 0 spiro atoms. The third-order valence-electron chi connectivity index (χ3n) is 4.62. The molecule has 0 saturated carbocycles. The molecule has 5 nitrogen and oxygen atoms in total. The highest BCUT2D eigenvalue weighted by molar-refractivity contribution is 5.78. The SMILES string of the molecule is CCCOc1ccc(CNC(=O)CN2C(C)CCCC2CO)cc1. The molecule has 1 aliphatic heterocycles. The highest BCUT2D eigenvalue weighted by Crippen LogP contribution is 2.22. The van der Waals surface area contributed by atoms with Gasteiger partial charge < -0.3 is 15.2 Å². The summed E-state index contributed by atoms with van der Waals surface area (Å²) in [5.74, 6) is 0.869. The molecule has 134 valence electrons. The number of rotatable bonds is 8. The third kappa shape index (κ3) is 5.49. The number of carbonyl (C=O) groups is 1. The number of likely N-dealkylation sites (tertiary alicyclic amines) is 1. The summed E-state index contributed by atoms with van der Waals surface area (Å²) in [5.41, 5.74) is 1.05. The van der Waals surface area contributed by atoms with Crippen LogP contribution in [0, 0.1) is 0 Å². The van der Waals surface area contributed by atoms with Gasteiger partial charge in [-0.3, -0.25) is 9.69 Å². The average Bonchev–Trinajstić information content (AvgIpc) is 2.60. The van der Waals surface area contributed by atoms with Crippen LogP contribution in [0.1, 0.15) is 45.1 Å². The van der Waals surface area contributed by atoms with E-state index in [2.05, 4.69) is 24.1 Å².